The van der Waals surface area contributed by atoms with E-state index in [9.17, 15) is 4.79 Å². The van der Waals surface area contributed by atoms with Crippen LogP contribution in [0.4, 0.5) is 5.13 Å². The Morgan fingerprint density at radius 3 is 2.63 bits per heavy atom. The maximum absolute atomic E-state index is 12.4. The van der Waals surface area contributed by atoms with Crippen LogP contribution >= 0.6 is 23.1 Å². The van der Waals surface area contributed by atoms with Crippen LogP contribution in [0.5, 0.6) is 0 Å². The van der Waals surface area contributed by atoms with Crippen molar-refractivity contribution in [3.63, 3.8) is 0 Å². The molecule has 0 saturated heterocycles. The van der Waals surface area contributed by atoms with Gasteiger partial charge in [-0.25, -0.2) is 4.68 Å². The molecule has 152 valence electrons. The van der Waals surface area contributed by atoms with Gasteiger partial charge in [0.05, 0.1) is 11.4 Å². The third-order valence-electron chi connectivity index (χ3n) is 4.64. The lowest BCUT2D eigenvalue weighted by atomic mass is 10.0. The first-order chi connectivity index (χ1) is 14.4. The highest BCUT2D eigenvalue weighted by molar-refractivity contribution is 7.10. The molecule has 2 aromatic heterocycles. The minimum atomic E-state index is -0.300. The number of hydrogen-bond donors (Lipinski definition) is 1. The number of aromatic nitrogens is 5. The predicted octanol–water partition coefficient (Wildman–Crippen LogP) is 5.12. The summed E-state index contributed by atoms with van der Waals surface area (Å²) in [6.07, 6.45) is 0. The standard InChI is InChI=1S/C21H19ClN6OS/c1-12(2)14-7-9-17(10-8-14)28-13(3)18(25-27-28)19-23-21(30-26-19)24-20(29)15-5-4-6-16(22)11-15/h4-12H,1-3H3,(H,23,24,26,29). The molecular formula is C21H19ClN6OS. The zero-order chi connectivity index (χ0) is 21.3. The number of amides is 1. The summed E-state index contributed by atoms with van der Waals surface area (Å²) >= 11 is 7.03. The Morgan fingerprint density at radius 2 is 1.93 bits per heavy atom. The maximum Gasteiger partial charge on any atom is 0.257 e. The Labute approximate surface area is 182 Å². The van der Waals surface area contributed by atoms with Crippen LogP contribution in [0.25, 0.3) is 17.2 Å². The molecule has 2 heterocycles. The van der Waals surface area contributed by atoms with E-state index >= 15 is 0 Å². The van der Waals surface area contributed by atoms with Crippen molar-refractivity contribution < 1.29 is 4.79 Å². The number of nitrogens with one attached hydrogen (secondary N) is 1. The summed E-state index contributed by atoms with van der Waals surface area (Å²) in [5, 5.41) is 12.1. The van der Waals surface area contributed by atoms with Gasteiger partial charge in [0.25, 0.3) is 5.91 Å². The summed E-state index contributed by atoms with van der Waals surface area (Å²) in [6.45, 7) is 6.23. The van der Waals surface area contributed by atoms with Gasteiger partial charge >= 0.3 is 0 Å². The topological polar surface area (TPSA) is 85.6 Å². The van der Waals surface area contributed by atoms with Crippen molar-refractivity contribution in [1.82, 2.24) is 24.4 Å². The minimum Gasteiger partial charge on any atom is -0.297 e. The normalized spacial score (nSPS) is 11.1. The van der Waals surface area contributed by atoms with Crippen molar-refractivity contribution in [2.24, 2.45) is 0 Å². The Morgan fingerprint density at radius 1 is 1.17 bits per heavy atom. The molecule has 30 heavy (non-hydrogen) atoms. The summed E-state index contributed by atoms with van der Waals surface area (Å²) in [5.74, 6) is 0.584. The molecule has 4 aromatic rings. The van der Waals surface area contributed by atoms with Gasteiger partial charge < -0.3 is 0 Å². The summed E-state index contributed by atoms with van der Waals surface area (Å²) in [5.41, 5.74) is 4.02. The van der Waals surface area contributed by atoms with Crippen molar-refractivity contribution in [2.45, 2.75) is 26.7 Å². The second kappa shape index (κ2) is 8.33. The van der Waals surface area contributed by atoms with E-state index in [1.807, 2.05) is 19.1 Å². The Bertz CT molecular complexity index is 1200. The first kappa shape index (κ1) is 20.2. The molecule has 0 spiro atoms. The van der Waals surface area contributed by atoms with Crippen LogP contribution in [0.1, 0.15) is 41.4 Å². The molecule has 7 nitrogen and oxygen atoms in total. The number of rotatable bonds is 5. The number of nitrogens with zero attached hydrogens (tertiary/aromatic N) is 5. The quantitative estimate of drug-likeness (QED) is 0.467. The van der Waals surface area contributed by atoms with Gasteiger partial charge in [-0.2, -0.15) is 9.36 Å². The second-order valence-electron chi connectivity index (χ2n) is 7.07. The molecular weight excluding hydrogens is 420 g/mol. The second-order valence-corrected chi connectivity index (χ2v) is 8.26. The van der Waals surface area contributed by atoms with Crippen LogP contribution in [0, 0.1) is 6.92 Å². The third kappa shape index (κ3) is 4.10. The Hall–Kier alpha value is -3.10. The fourth-order valence-corrected chi connectivity index (χ4v) is 3.71. The van der Waals surface area contributed by atoms with Crippen molar-refractivity contribution in [1.29, 1.82) is 0 Å². The number of carbonyl (C=O) groups excluding carboxylic acids is 1. The number of hydrogen-bond acceptors (Lipinski definition) is 6. The van der Waals surface area contributed by atoms with Crippen LogP contribution in [0.2, 0.25) is 5.02 Å². The molecule has 0 atom stereocenters. The first-order valence-corrected chi connectivity index (χ1v) is 10.5. The minimum absolute atomic E-state index is 0.300. The largest absolute Gasteiger partial charge is 0.297 e. The van der Waals surface area contributed by atoms with Crippen molar-refractivity contribution in [3.8, 4) is 17.2 Å². The Balaban J connectivity index is 1.54. The van der Waals surface area contributed by atoms with Crippen LogP contribution in [-0.2, 0) is 0 Å². The molecule has 9 heteroatoms. The van der Waals surface area contributed by atoms with E-state index in [1.165, 1.54) is 5.56 Å². The number of halogens is 1. The molecule has 4 rings (SSSR count). The average Bonchev–Trinajstić information content (AvgIpc) is 3.34. The van der Waals surface area contributed by atoms with Crippen molar-refractivity contribution >= 4 is 34.2 Å². The molecule has 0 fully saturated rings. The Kier molecular flexibility index (Phi) is 5.61. The zero-order valence-corrected chi connectivity index (χ0v) is 18.2. The third-order valence-corrected chi connectivity index (χ3v) is 5.51. The summed E-state index contributed by atoms with van der Waals surface area (Å²) in [6, 6.07) is 14.9. The van der Waals surface area contributed by atoms with Gasteiger partial charge in [-0.15, -0.1) is 5.10 Å². The van der Waals surface area contributed by atoms with Crippen molar-refractivity contribution in [2.75, 3.05) is 5.32 Å². The molecule has 0 unspecified atom stereocenters. The number of anilines is 1. The molecule has 0 aliphatic heterocycles. The van der Waals surface area contributed by atoms with E-state index in [0.717, 1.165) is 22.9 Å². The molecule has 0 aliphatic carbocycles. The van der Waals surface area contributed by atoms with Gasteiger partial charge in [0, 0.05) is 22.1 Å². The van der Waals surface area contributed by atoms with E-state index < -0.39 is 0 Å². The summed E-state index contributed by atoms with van der Waals surface area (Å²) in [7, 11) is 0. The van der Waals surface area contributed by atoms with Gasteiger partial charge in [-0.05, 0) is 48.7 Å². The molecule has 0 aliphatic rings. The molecule has 0 saturated carbocycles. The maximum atomic E-state index is 12.4. The van der Waals surface area contributed by atoms with Crippen LogP contribution in [-0.4, -0.2) is 30.3 Å². The van der Waals surface area contributed by atoms with Gasteiger partial charge in [0.2, 0.25) is 5.13 Å². The lowest BCUT2D eigenvalue weighted by molar-refractivity contribution is 0.102. The van der Waals surface area contributed by atoms with E-state index in [1.54, 1.807) is 28.9 Å². The highest BCUT2D eigenvalue weighted by Gasteiger charge is 2.18. The lowest BCUT2D eigenvalue weighted by Crippen LogP contribution is -2.11. The van der Waals surface area contributed by atoms with Crippen molar-refractivity contribution in [3.05, 3.63) is 70.4 Å². The van der Waals surface area contributed by atoms with Crippen LogP contribution < -0.4 is 5.32 Å². The highest BCUT2D eigenvalue weighted by atomic mass is 35.5. The molecule has 2 aromatic carbocycles. The fraction of sp³-hybridized carbons (Fsp3) is 0.190. The fourth-order valence-electron chi connectivity index (χ4n) is 2.95. The smallest absolute Gasteiger partial charge is 0.257 e. The number of benzene rings is 2. The van der Waals surface area contributed by atoms with Gasteiger partial charge in [0.1, 0.15) is 0 Å². The number of carbonyl (C=O) groups is 1. The molecule has 0 radical (unpaired) electrons. The van der Waals surface area contributed by atoms with E-state index in [0.29, 0.717) is 33.2 Å². The van der Waals surface area contributed by atoms with Crippen LogP contribution in [0.15, 0.2) is 48.5 Å². The lowest BCUT2D eigenvalue weighted by Gasteiger charge is -2.07. The first-order valence-electron chi connectivity index (χ1n) is 9.36. The van der Waals surface area contributed by atoms with Gasteiger partial charge in [-0.3, -0.25) is 10.1 Å². The molecule has 1 N–H and O–H groups in total. The SMILES string of the molecule is Cc1c(-c2nsc(NC(=O)c3cccc(Cl)c3)n2)nnn1-c1ccc(C(C)C)cc1. The molecule has 0 bridgehead atoms. The van der Waals surface area contributed by atoms with Crippen LogP contribution in [0.3, 0.4) is 0 Å². The van der Waals surface area contributed by atoms with Gasteiger partial charge in [-0.1, -0.05) is 48.9 Å². The van der Waals surface area contributed by atoms with E-state index in [-0.39, 0.29) is 5.91 Å². The predicted molar refractivity (Wildman–Crippen MR) is 118 cm³/mol. The zero-order valence-electron chi connectivity index (χ0n) is 16.6. The molecule has 1 amide bonds. The summed E-state index contributed by atoms with van der Waals surface area (Å²) in [4.78, 5) is 16.8. The van der Waals surface area contributed by atoms with E-state index in [4.69, 9.17) is 11.6 Å². The average molecular weight is 439 g/mol. The van der Waals surface area contributed by atoms with Gasteiger partial charge in [0.15, 0.2) is 11.5 Å². The highest BCUT2D eigenvalue weighted by Crippen LogP contribution is 2.25. The summed E-state index contributed by atoms with van der Waals surface area (Å²) < 4.78 is 6.08. The van der Waals surface area contributed by atoms with E-state index in [2.05, 4.69) is 51.0 Å². The monoisotopic (exact) mass is 438 g/mol.